The zero-order chi connectivity index (χ0) is 14.5. The molecule has 0 aromatic heterocycles. The van der Waals surface area contributed by atoms with Gasteiger partial charge in [-0.2, -0.15) is 0 Å². The smallest absolute Gasteiger partial charge is 0.150 e. The summed E-state index contributed by atoms with van der Waals surface area (Å²) in [4.78, 5) is 10.7. The van der Waals surface area contributed by atoms with Gasteiger partial charge < -0.3 is 0 Å². The Morgan fingerprint density at radius 3 is 1.71 bits per heavy atom. The molecule has 1 nitrogen and oxygen atoms in total. The van der Waals surface area contributed by atoms with E-state index in [-0.39, 0.29) is 0 Å². The van der Waals surface area contributed by atoms with Crippen molar-refractivity contribution in [2.45, 2.75) is 6.42 Å². The molecule has 0 unspecified atom stereocenters. The van der Waals surface area contributed by atoms with Crippen LogP contribution in [0.15, 0.2) is 78.9 Å². The van der Waals surface area contributed by atoms with E-state index in [0.29, 0.717) is 5.56 Å². The van der Waals surface area contributed by atoms with Crippen LogP contribution in [0.3, 0.4) is 0 Å². The zero-order valence-electron chi connectivity index (χ0n) is 11.7. The van der Waals surface area contributed by atoms with E-state index in [0.717, 1.165) is 18.3 Å². The van der Waals surface area contributed by atoms with Gasteiger partial charge in [0.1, 0.15) is 6.29 Å². The molecule has 0 heterocycles. The van der Waals surface area contributed by atoms with Crippen LogP contribution in [-0.2, 0) is 6.42 Å². The quantitative estimate of drug-likeness (QED) is 0.626. The second-order valence-corrected chi connectivity index (χ2v) is 5.10. The van der Waals surface area contributed by atoms with Crippen molar-refractivity contribution in [2.24, 2.45) is 0 Å². The number of carbonyl (C=O) groups excluding carboxylic acids is 1. The molecule has 0 fully saturated rings. The Balaban J connectivity index is 1.78. The van der Waals surface area contributed by atoms with Gasteiger partial charge in [-0.3, -0.25) is 4.79 Å². The van der Waals surface area contributed by atoms with Gasteiger partial charge in [-0.05, 0) is 28.7 Å². The molecule has 102 valence electrons. The largest absolute Gasteiger partial charge is 0.298 e. The summed E-state index contributed by atoms with van der Waals surface area (Å²) < 4.78 is 0. The monoisotopic (exact) mass is 272 g/mol. The van der Waals surface area contributed by atoms with E-state index in [1.54, 1.807) is 0 Å². The molecule has 3 aromatic carbocycles. The van der Waals surface area contributed by atoms with Crippen LogP contribution in [0.1, 0.15) is 21.5 Å². The maximum absolute atomic E-state index is 10.7. The lowest BCUT2D eigenvalue weighted by Crippen LogP contribution is -1.88. The maximum atomic E-state index is 10.7. The molecule has 0 amide bonds. The Kier molecular flexibility index (Phi) is 3.92. The number of rotatable bonds is 4. The Hall–Kier alpha value is -2.67. The third-order valence-corrected chi connectivity index (χ3v) is 3.59. The molecular weight excluding hydrogens is 256 g/mol. The van der Waals surface area contributed by atoms with Crippen LogP contribution in [0.25, 0.3) is 11.1 Å². The van der Waals surface area contributed by atoms with Crippen molar-refractivity contribution >= 4 is 6.29 Å². The number of aldehydes is 1. The number of carbonyl (C=O) groups is 1. The van der Waals surface area contributed by atoms with Crippen molar-refractivity contribution in [1.82, 2.24) is 0 Å². The van der Waals surface area contributed by atoms with Gasteiger partial charge in [0.05, 0.1) is 0 Å². The van der Waals surface area contributed by atoms with Crippen LogP contribution in [0, 0.1) is 0 Å². The standard InChI is InChI=1S/C20H16O/c21-15-18-8-12-20(13-9-18)19-10-6-17(7-11-19)14-16-4-2-1-3-5-16/h1-13,15H,14H2. The minimum atomic E-state index is 0.708. The molecule has 0 bridgehead atoms. The highest BCUT2D eigenvalue weighted by molar-refractivity contribution is 5.76. The first kappa shape index (κ1) is 13.3. The summed E-state index contributed by atoms with van der Waals surface area (Å²) in [6.07, 6.45) is 1.82. The summed E-state index contributed by atoms with van der Waals surface area (Å²) in [5.74, 6) is 0. The van der Waals surface area contributed by atoms with E-state index >= 15 is 0 Å². The topological polar surface area (TPSA) is 17.1 Å². The minimum Gasteiger partial charge on any atom is -0.298 e. The van der Waals surface area contributed by atoms with E-state index in [1.807, 2.05) is 30.3 Å². The van der Waals surface area contributed by atoms with E-state index in [2.05, 4.69) is 48.5 Å². The van der Waals surface area contributed by atoms with Gasteiger partial charge in [0, 0.05) is 5.56 Å². The Bertz CT molecular complexity index is 710. The van der Waals surface area contributed by atoms with Crippen molar-refractivity contribution in [2.75, 3.05) is 0 Å². The SMILES string of the molecule is O=Cc1ccc(-c2ccc(Cc3ccccc3)cc2)cc1. The van der Waals surface area contributed by atoms with Gasteiger partial charge in [-0.15, -0.1) is 0 Å². The Morgan fingerprint density at radius 2 is 1.14 bits per heavy atom. The predicted octanol–water partition coefficient (Wildman–Crippen LogP) is 4.76. The summed E-state index contributed by atoms with van der Waals surface area (Å²) in [6.45, 7) is 0. The number of benzene rings is 3. The van der Waals surface area contributed by atoms with Crippen LogP contribution in [-0.4, -0.2) is 6.29 Å². The molecule has 3 rings (SSSR count). The fourth-order valence-electron chi connectivity index (χ4n) is 2.40. The minimum absolute atomic E-state index is 0.708. The Morgan fingerprint density at radius 1 is 0.619 bits per heavy atom. The molecule has 0 saturated carbocycles. The average molecular weight is 272 g/mol. The first-order valence-electron chi connectivity index (χ1n) is 7.03. The normalized spacial score (nSPS) is 10.3. The van der Waals surface area contributed by atoms with Crippen LogP contribution in [0.4, 0.5) is 0 Å². The van der Waals surface area contributed by atoms with Gasteiger partial charge in [0.25, 0.3) is 0 Å². The molecular formula is C20H16O. The highest BCUT2D eigenvalue weighted by atomic mass is 16.1. The molecule has 0 aliphatic rings. The molecule has 0 saturated heterocycles. The van der Waals surface area contributed by atoms with Crippen molar-refractivity contribution in [1.29, 1.82) is 0 Å². The first-order chi connectivity index (χ1) is 10.3. The van der Waals surface area contributed by atoms with Crippen molar-refractivity contribution < 1.29 is 4.79 Å². The van der Waals surface area contributed by atoms with Gasteiger partial charge in [0.15, 0.2) is 0 Å². The van der Waals surface area contributed by atoms with Gasteiger partial charge >= 0.3 is 0 Å². The molecule has 0 aliphatic carbocycles. The predicted molar refractivity (Wildman–Crippen MR) is 86.5 cm³/mol. The van der Waals surface area contributed by atoms with Gasteiger partial charge in [0.2, 0.25) is 0 Å². The molecule has 3 aromatic rings. The molecule has 0 aliphatic heterocycles. The lowest BCUT2D eigenvalue weighted by atomic mass is 10.00. The second kappa shape index (κ2) is 6.19. The summed E-state index contributed by atoms with van der Waals surface area (Å²) >= 11 is 0. The summed E-state index contributed by atoms with van der Waals surface area (Å²) in [7, 11) is 0. The van der Waals surface area contributed by atoms with E-state index in [1.165, 1.54) is 16.7 Å². The summed E-state index contributed by atoms with van der Waals surface area (Å²) in [5, 5.41) is 0. The molecule has 0 radical (unpaired) electrons. The molecule has 21 heavy (non-hydrogen) atoms. The van der Waals surface area contributed by atoms with Crippen molar-refractivity contribution in [3.05, 3.63) is 95.6 Å². The summed E-state index contributed by atoms with van der Waals surface area (Å²) in [6, 6.07) is 26.7. The lowest BCUT2D eigenvalue weighted by Gasteiger charge is -2.05. The Labute approximate surface area is 124 Å². The highest BCUT2D eigenvalue weighted by Gasteiger charge is 2.00. The van der Waals surface area contributed by atoms with E-state index in [9.17, 15) is 4.79 Å². The number of hydrogen-bond donors (Lipinski definition) is 0. The lowest BCUT2D eigenvalue weighted by molar-refractivity contribution is 0.112. The first-order valence-corrected chi connectivity index (χ1v) is 7.03. The van der Waals surface area contributed by atoms with Gasteiger partial charge in [-0.1, -0.05) is 78.9 Å². The van der Waals surface area contributed by atoms with Crippen molar-refractivity contribution in [3.63, 3.8) is 0 Å². The zero-order valence-corrected chi connectivity index (χ0v) is 11.7. The fraction of sp³-hybridized carbons (Fsp3) is 0.0500. The third kappa shape index (κ3) is 3.26. The maximum Gasteiger partial charge on any atom is 0.150 e. The molecule has 0 spiro atoms. The molecule has 1 heteroatoms. The highest BCUT2D eigenvalue weighted by Crippen LogP contribution is 2.21. The van der Waals surface area contributed by atoms with E-state index < -0.39 is 0 Å². The molecule has 0 atom stereocenters. The van der Waals surface area contributed by atoms with Gasteiger partial charge in [-0.25, -0.2) is 0 Å². The van der Waals surface area contributed by atoms with Crippen LogP contribution >= 0.6 is 0 Å². The molecule has 0 N–H and O–H groups in total. The third-order valence-electron chi connectivity index (χ3n) is 3.59. The van der Waals surface area contributed by atoms with E-state index in [4.69, 9.17) is 0 Å². The summed E-state index contributed by atoms with van der Waals surface area (Å²) in [5.41, 5.74) is 5.63. The van der Waals surface area contributed by atoms with Crippen LogP contribution in [0.2, 0.25) is 0 Å². The van der Waals surface area contributed by atoms with Crippen LogP contribution < -0.4 is 0 Å². The van der Waals surface area contributed by atoms with Crippen LogP contribution in [0.5, 0.6) is 0 Å². The average Bonchev–Trinajstić information content (AvgIpc) is 2.57. The number of hydrogen-bond acceptors (Lipinski definition) is 1. The second-order valence-electron chi connectivity index (χ2n) is 5.10. The van der Waals surface area contributed by atoms with Crippen molar-refractivity contribution in [3.8, 4) is 11.1 Å². The fourth-order valence-corrected chi connectivity index (χ4v) is 2.40.